The van der Waals surface area contributed by atoms with Crippen molar-refractivity contribution in [2.45, 2.75) is 12.5 Å². The predicted molar refractivity (Wildman–Crippen MR) is 75.9 cm³/mol. The summed E-state index contributed by atoms with van der Waals surface area (Å²) in [5.41, 5.74) is 0.0312. The number of ether oxygens (including phenoxy) is 1. The quantitative estimate of drug-likeness (QED) is 0.509. The fraction of sp³-hybridized carbons (Fsp3) is 0.692. The van der Waals surface area contributed by atoms with Gasteiger partial charge >= 0.3 is 0 Å². The van der Waals surface area contributed by atoms with Gasteiger partial charge in [0.05, 0.1) is 24.7 Å². The molecule has 116 valence electrons. The molecule has 21 heavy (non-hydrogen) atoms. The van der Waals surface area contributed by atoms with Gasteiger partial charge in [-0.2, -0.15) is 5.26 Å². The Morgan fingerprint density at radius 2 is 2.10 bits per heavy atom. The zero-order chi connectivity index (χ0) is 15.5. The molecule has 2 rings (SSSR count). The summed E-state index contributed by atoms with van der Waals surface area (Å²) in [4.78, 5) is 15.5. The van der Waals surface area contributed by atoms with Crippen LogP contribution in [0.1, 0.15) is 6.42 Å². The molecule has 0 bridgehead atoms. The van der Waals surface area contributed by atoms with Gasteiger partial charge in [-0.3, -0.25) is 4.79 Å². The third-order valence-electron chi connectivity index (χ3n) is 3.77. The van der Waals surface area contributed by atoms with Crippen LogP contribution in [0.15, 0.2) is 11.8 Å². The van der Waals surface area contributed by atoms with Gasteiger partial charge in [0.15, 0.2) is 9.84 Å². The van der Waals surface area contributed by atoms with Crippen LogP contribution in [0.5, 0.6) is 0 Å². The molecule has 0 aromatic heterocycles. The van der Waals surface area contributed by atoms with Gasteiger partial charge in [-0.15, -0.1) is 0 Å². The third kappa shape index (κ3) is 3.95. The van der Waals surface area contributed by atoms with Crippen LogP contribution >= 0.6 is 0 Å². The molecule has 0 saturated carbocycles. The van der Waals surface area contributed by atoms with E-state index in [9.17, 15) is 18.5 Å². The first-order valence-electron chi connectivity index (χ1n) is 6.84. The summed E-state index contributed by atoms with van der Waals surface area (Å²) < 4.78 is 28.1. The first-order chi connectivity index (χ1) is 9.93. The van der Waals surface area contributed by atoms with Crippen LogP contribution in [0.3, 0.4) is 0 Å². The standard InChI is InChI=1S/C13H19N3O4S/c1-15(12-2-7-21(18,19)10-12)9-11(8-14)13(17)16-3-5-20-6-4-16/h9,12H,2-7,10H2,1H3/b11-9-. The van der Waals surface area contributed by atoms with Crippen LogP contribution in [0, 0.1) is 11.3 Å². The number of morpholine rings is 1. The Kier molecular flexibility index (Phi) is 4.85. The van der Waals surface area contributed by atoms with E-state index in [0.29, 0.717) is 32.7 Å². The number of amides is 1. The van der Waals surface area contributed by atoms with Gasteiger partial charge < -0.3 is 14.5 Å². The highest BCUT2D eigenvalue weighted by Gasteiger charge is 2.30. The lowest BCUT2D eigenvalue weighted by Crippen LogP contribution is -2.41. The Morgan fingerprint density at radius 3 is 2.62 bits per heavy atom. The molecule has 0 aliphatic carbocycles. The average molecular weight is 313 g/mol. The number of rotatable bonds is 3. The van der Waals surface area contributed by atoms with Crippen LogP contribution in [0.25, 0.3) is 0 Å². The molecule has 0 aromatic rings. The van der Waals surface area contributed by atoms with Crippen molar-refractivity contribution in [1.82, 2.24) is 9.80 Å². The molecule has 1 atom stereocenters. The molecule has 7 nitrogen and oxygen atoms in total. The van der Waals surface area contributed by atoms with Crippen molar-refractivity contribution in [2.24, 2.45) is 0 Å². The van der Waals surface area contributed by atoms with E-state index in [-0.39, 0.29) is 29.0 Å². The van der Waals surface area contributed by atoms with Gasteiger partial charge in [0, 0.05) is 32.4 Å². The molecule has 2 fully saturated rings. The van der Waals surface area contributed by atoms with E-state index in [1.807, 2.05) is 6.07 Å². The summed E-state index contributed by atoms with van der Waals surface area (Å²) in [6.07, 6.45) is 1.99. The summed E-state index contributed by atoms with van der Waals surface area (Å²) in [6, 6.07) is 1.74. The Labute approximate surface area is 124 Å². The van der Waals surface area contributed by atoms with Crippen molar-refractivity contribution in [3.05, 3.63) is 11.8 Å². The second-order valence-electron chi connectivity index (χ2n) is 5.28. The number of nitrogens with zero attached hydrogens (tertiary/aromatic N) is 3. The minimum Gasteiger partial charge on any atom is -0.378 e. The second kappa shape index (κ2) is 6.45. The molecule has 0 radical (unpaired) electrons. The molecule has 2 saturated heterocycles. The van der Waals surface area contributed by atoms with Gasteiger partial charge in [-0.25, -0.2) is 8.42 Å². The molecule has 1 unspecified atom stereocenters. The van der Waals surface area contributed by atoms with Gasteiger partial charge in [0.2, 0.25) is 0 Å². The van der Waals surface area contributed by atoms with Crippen molar-refractivity contribution in [3.8, 4) is 6.07 Å². The van der Waals surface area contributed by atoms with Gasteiger partial charge in [-0.05, 0) is 6.42 Å². The van der Waals surface area contributed by atoms with Gasteiger partial charge in [0.1, 0.15) is 11.6 Å². The lowest BCUT2D eigenvalue weighted by Gasteiger charge is -2.27. The van der Waals surface area contributed by atoms with E-state index in [0.717, 1.165) is 0 Å². The summed E-state index contributed by atoms with van der Waals surface area (Å²) >= 11 is 0. The molecular formula is C13H19N3O4S. The maximum absolute atomic E-state index is 12.2. The number of sulfone groups is 1. The number of nitriles is 1. The molecule has 0 N–H and O–H groups in total. The lowest BCUT2D eigenvalue weighted by molar-refractivity contribution is -0.130. The Bertz CT molecular complexity index is 573. The third-order valence-corrected chi connectivity index (χ3v) is 5.52. The molecule has 1 amide bonds. The highest BCUT2D eigenvalue weighted by atomic mass is 32.2. The van der Waals surface area contributed by atoms with E-state index in [1.165, 1.54) is 6.20 Å². The van der Waals surface area contributed by atoms with E-state index >= 15 is 0 Å². The topological polar surface area (TPSA) is 90.7 Å². The molecule has 0 aromatic carbocycles. The van der Waals surface area contributed by atoms with E-state index < -0.39 is 9.84 Å². The predicted octanol–water partition coefficient (Wildman–Crippen LogP) is -0.628. The zero-order valence-corrected chi connectivity index (χ0v) is 12.8. The van der Waals surface area contributed by atoms with Crippen molar-refractivity contribution in [1.29, 1.82) is 5.26 Å². The zero-order valence-electron chi connectivity index (χ0n) is 12.0. The minimum atomic E-state index is -2.99. The molecular weight excluding hydrogens is 294 g/mol. The maximum atomic E-state index is 12.2. The van der Waals surface area contributed by atoms with Crippen molar-refractivity contribution in [3.63, 3.8) is 0 Å². The number of carbonyl (C=O) groups is 1. The Hall–Kier alpha value is -1.59. The molecule has 8 heteroatoms. The van der Waals surface area contributed by atoms with Crippen LogP contribution in [0.2, 0.25) is 0 Å². The fourth-order valence-corrected chi connectivity index (χ4v) is 4.26. The normalized spacial score (nSPS) is 25.4. The summed E-state index contributed by atoms with van der Waals surface area (Å²) in [5.74, 6) is -0.0897. The van der Waals surface area contributed by atoms with Crippen molar-refractivity contribution < 1.29 is 17.9 Å². The lowest BCUT2D eigenvalue weighted by atomic mass is 10.2. The van der Waals surface area contributed by atoms with Crippen molar-refractivity contribution >= 4 is 15.7 Å². The molecule has 2 heterocycles. The van der Waals surface area contributed by atoms with Crippen LogP contribution in [0.4, 0.5) is 0 Å². The smallest absolute Gasteiger partial charge is 0.266 e. The number of hydrogen-bond acceptors (Lipinski definition) is 6. The molecule has 2 aliphatic heterocycles. The maximum Gasteiger partial charge on any atom is 0.266 e. The number of carbonyl (C=O) groups excluding carboxylic acids is 1. The van der Waals surface area contributed by atoms with Gasteiger partial charge in [-0.1, -0.05) is 0 Å². The summed E-state index contributed by atoms with van der Waals surface area (Å²) in [5, 5.41) is 9.18. The van der Waals surface area contributed by atoms with E-state index in [1.54, 1.807) is 16.8 Å². The second-order valence-corrected chi connectivity index (χ2v) is 7.51. The minimum absolute atomic E-state index is 0.0312. The van der Waals surface area contributed by atoms with Crippen LogP contribution in [-0.2, 0) is 19.4 Å². The SMILES string of the molecule is CN(/C=C(/C#N)C(=O)N1CCOCC1)C1CCS(=O)(=O)C1. The first-order valence-corrected chi connectivity index (χ1v) is 8.66. The summed E-state index contributed by atoms with van der Waals surface area (Å²) in [6.45, 7) is 1.89. The number of hydrogen-bond donors (Lipinski definition) is 0. The molecule has 2 aliphatic rings. The average Bonchev–Trinajstić information content (AvgIpc) is 2.85. The van der Waals surface area contributed by atoms with E-state index in [4.69, 9.17) is 4.74 Å². The van der Waals surface area contributed by atoms with Crippen molar-refractivity contribution in [2.75, 3.05) is 44.9 Å². The Morgan fingerprint density at radius 1 is 1.43 bits per heavy atom. The monoisotopic (exact) mass is 313 g/mol. The van der Waals surface area contributed by atoms with Gasteiger partial charge in [0.25, 0.3) is 5.91 Å². The highest BCUT2D eigenvalue weighted by Crippen LogP contribution is 2.18. The molecule has 0 spiro atoms. The Balaban J connectivity index is 2.06. The largest absolute Gasteiger partial charge is 0.378 e. The highest BCUT2D eigenvalue weighted by molar-refractivity contribution is 7.91. The van der Waals surface area contributed by atoms with Crippen LogP contribution in [-0.4, -0.2) is 75.0 Å². The van der Waals surface area contributed by atoms with Crippen LogP contribution < -0.4 is 0 Å². The fourth-order valence-electron chi connectivity index (χ4n) is 2.47. The van der Waals surface area contributed by atoms with E-state index in [2.05, 4.69) is 0 Å². The summed E-state index contributed by atoms with van der Waals surface area (Å²) in [7, 11) is -1.29. The first kappa shape index (κ1) is 15.8.